The maximum absolute atomic E-state index is 13.5. The number of ether oxygens (including phenoxy) is 1. The fraction of sp³-hybridized carbons (Fsp3) is 0.231. The minimum Gasteiger partial charge on any atom is -0.496 e. The average Bonchev–Trinajstić information content (AvgIpc) is 2.82. The summed E-state index contributed by atoms with van der Waals surface area (Å²) >= 11 is 0. The molecule has 0 saturated carbocycles. The van der Waals surface area contributed by atoms with Gasteiger partial charge >= 0.3 is 18.2 Å². The van der Waals surface area contributed by atoms with Crippen molar-refractivity contribution in [2.75, 3.05) is 14.2 Å². The Morgan fingerprint density at radius 1 is 0.971 bits per heavy atom. The first-order chi connectivity index (χ1) is 16.6. The molecule has 9 heteroatoms. The smallest absolute Gasteiger partial charge is 0.416 e. The molecule has 0 spiro atoms. The largest absolute Gasteiger partial charge is 0.496 e. The molecule has 0 aliphatic heterocycles. The molecule has 184 valence electrons. The van der Waals surface area contributed by atoms with Gasteiger partial charge in [0.15, 0.2) is 0 Å². The monoisotopic (exact) mass is 486 g/mol. The number of halogens is 3. The number of alkyl halides is 3. The predicted molar refractivity (Wildman–Crippen MR) is 125 cm³/mol. The molecule has 0 fully saturated rings. The molecule has 35 heavy (non-hydrogen) atoms. The van der Waals surface area contributed by atoms with E-state index in [1.807, 2.05) is 30.3 Å². The molecule has 3 aromatic rings. The van der Waals surface area contributed by atoms with Gasteiger partial charge in [0.25, 0.3) is 0 Å². The Balaban J connectivity index is 1.95. The van der Waals surface area contributed by atoms with Gasteiger partial charge in [-0.1, -0.05) is 42.5 Å². The van der Waals surface area contributed by atoms with E-state index in [0.29, 0.717) is 22.4 Å². The molecule has 0 aromatic heterocycles. The molecule has 0 atom stereocenters. The second-order valence-electron chi connectivity index (χ2n) is 7.98. The number of amides is 2. The third-order valence-corrected chi connectivity index (χ3v) is 5.38. The summed E-state index contributed by atoms with van der Waals surface area (Å²) in [5.41, 5.74) is 1.58. The summed E-state index contributed by atoms with van der Waals surface area (Å²) in [5.74, 6) is -0.667. The van der Waals surface area contributed by atoms with Crippen LogP contribution in [-0.4, -0.2) is 36.2 Å². The molecule has 0 radical (unpaired) electrons. The molecule has 0 saturated heterocycles. The molecule has 0 aliphatic rings. The van der Waals surface area contributed by atoms with Gasteiger partial charge in [-0.15, -0.1) is 0 Å². The zero-order valence-corrected chi connectivity index (χ0v) is 19.2. The van der Waals surface area contributed by atoms with Crippen LogP contribution in [0.2, 0.25) is 0 Å². The molecule has 3 rings (SSSR count). The quantitative estimate of drug-likeness (QED) is 0.450. The molecule has 0 bridgehead atoms. The Hall–Kier alpha value is -4.01. The van der Waals surface area contributed by atoms with E-state index in [4.69, 9.17) is 9.84 Å². The van der Waals surface area contributed by atoms with Gasteiger partial charge in [-0.3, -0.25) is 4.79 Å². The molecule has 2 N–H and O–H groups in total. The van der Waals surface area contributed by atoms with E-state index in [0.717, 1.165) is 17.7 Å². The molecule has 3 aromatic carbocycles. The third kappa shape index (κ3) is 6.75. The summed E-state index contributed by atoms with van der Waals surface area (Å²) in [6.45, 7) is 0.150. The lowest BCUT2D eigenvalue weighted by Crippen LogP contribution is -2.36. The van der Waals surface area contributed by atoms with E-state index < -0.39 is 23.7 Å². The number of nitrogens with zero attached hydrogens (tertiary/aromatic N) is 1. The Morgan fingerprint density at radius 2 is 1.69 bits per heavy atom. The predicted octanol–water partition coefficient (Wildman–Crippen LogP) is 5.35. The van der Waals surface area contributed by atoms with Crippen molar-refractivity contribution in [1.82, 2.24) is 10.2 Å². The van der Waals surface area contributed by atoms with E-state index in [9.17, 15) is 22.8 Å². The summed E-state index contributed by atoms with van der Waals surface area (Å²) in [4.78, 5) is 25.1. The second-order valence-corrected chi connectivity index (χ2v) is 7.98. The van der Waals surface area contributed by atoms with Gasteiger partial charge in [0.05, 0.1) is 19.1 Å². The summed E-state index contributed by atoms with van der Waals surface area (Å²) in [5, 5.41) is 11.9. The van der Waals surface area contributed by atoms with Crippen molar-refractivity contribution >= 4 is 12.0 Å². The van der Waals surface area contributed by atoms with Gasteiger partial charge in [0.2, 0.25) is 0 Å². The van der Waals surface area contributed by atoms with Gasteiger partial charge in [-0.2, -0.15) is 13.2 Å². The highest BCUT2D eigenvalue weighted by Crippen LogP contribution is 2.37. The summed E-state index contributed by atoms with van der Waals surface area (Å²) in [6.07, 6.45) is -4.83. The number of carbonyl (C=O) groups is 2. The van der Waals surface area contributed by atoms with E-state index >= 15 is 0 Å². The molecular weight excluding hydrogens is 461 g/mol. The standard InChI is InChI=1S/C26H25F3N2O4/c1-31(25(34)30-15-17-6-4-3-5-7-17)16-19-14-20(26(27,28)29)9-10-21(19)22-12-18(13-24(32)33)8-11-23(22)35-2/h3-12,14H,13,15-16H2,1-2H3,(H,30,34)(H,32,33). The number of aliphatic carboxylic acids is 1. The zero-order valence-electron chi connectivity index (χ0n) is 19.2. The van der Waals surface area contributed by atoms with Crippen molar-refractivity contribution in [3.8, 4) is 16.9 Å². The highest BCUT2D eigenvalue weighted by atomic mass is 19.4. The van der Waals surface area contributed by atoms with Gasteiger partial charge < -0.3 is 20.1 Å². The van der Waals surface area contributed by atoms with Crippen molar-refractivity contribution < 1.29 is 32.6 Å². The number of urea groups is 1. The fourth-order valence-electron chi connectivity index (χ4n) is 3.65. The number of carboxylic acid groups (broad SMARTS) is 1. The number of hydrogen-bond acceptors (Lipinski definition) is 3. The lowest BCUT2D eigenvalue weighted by molar-refractivity contribution is -0.138. The normalized spacial score (nSPS) is 11.1. The van der Waals surface area contributed by atoms with Crippen molar-refractivity contribution in [1.29, 1.82) is 0 Å². The number of hydrogen-bond donors (Lipinski definition) is 2. The number of benzene rings is 3. The van der Waals surface area contributed by atoms with Crippen molar-refractivity contribution in [3.05, 3.63) is 89.0 Å². The van der Waals surface area contributed by atoms with E-state index in [-0.39, 0.29) is 25.1 Å². The van der Waals surface area contributed by atoms with Crippen LogP contribution >= 0.6 is 0 Å². The van der Waals surface area contributed by atoms with Crippen LogP contribution in [0.4, 0.5) is 18.0 Å². The van der Waals surface area contributed by atoms with Crippen LogP contribution in [0.3, 0.4) is 0 Å². The highest BCUT2D eigenvalue weighted by molar-refractivity contribution is 5.78. The summed E-state index contributed by atoms with van der Waals surface area (Å²) in [7, 11) is 2.91. The van der Waals surface area contributed by atoms with E-state index in [1.54, 1.807) is 18.2 Å². The maximum atomic E-state index is 13.5. The fourth-order valence-corrected chi connectivity index (χ4v) is 3.65. The lowest BCUT2D eigenvalue weighted by atomic mass is 9.94. The van der Waals surface area contributed by atoms with Gasteiger partial charge in [-0.05, 0) is 46.5 Å². The van der Waals surface area contributed by atoms with Gasteiger partial charge in [0.1, 0.15) is 5.75 Å². The molecule has 6 nitrogen and oxygen atoms in total. The molecular formula is C26H25F3N2O4. The first kappa shape index (κ1) is 25.6. The van der Waals surface area contributed by atoms with Crippen LogP contribution in [0.25, 0.3) is 11.1 Å². The van der Waals surface area contributed by atoms with Crippen molar-refractivity contribution in [2.45, 2.75) is 25.7 Å². The minimum absolute atomic E-state index is 0.119. The van der Waals surface area contributed by atoms with Crippen molar-refractivity contribution in [3.63, 3.8) is 0 Å². The maximum Gasteiger partial charge on any atom is 0.416 e. The Bertz CT molecular complexity index is 1200. The van der Waals surface area contributed by atoms with E-state index in [2.05, 4.69) is 5.32 Å². The highest BCUT2D eigenvalue weighted by Gasteiger charge is 2.31. The second kappa shape index (κ2) is 10.9. The van der Waals surface area contributed by atoms with Gasteiger partial charge in [0, 0.05) is 25.7 Å². The number of rotatable bonds is 8. The van der Waals surface area contributed by atoms with Crippen LogP contribution < -0.4 is 10.1 Å². The van der Waals surface area contributed by atoms with Crippen molar-refractivity contribution in [2.24, 2.45) is 0 Å². The summed E-state index contributed by atoms with van der Waals surface area (Å²) < 4.78 is 45.8. The lowest BCUT2D eigenvalue weighted by Gasteiger charge is -2.22. The first-order valence-corrected chi connectivity index (χ1v) is 10.7. The molecule has 0 unspecified atom stereocenters. The molecule has 0 heterocycles. The van der Waals surface area contributed by atoms with Crippen LogP contribution in [0.5, 0.6) is 5.75 Å². The zero-order chi connectivity index (χ0) is 25.6. The number of carbonyl (C=O) groups excluding carboxylic acids is 1. The van der Waals surface area contributed by atoms with Crippen LogP contribution in [0, 0.1) is 0 Å². The summed E-state index contributed by atoms with van der Waals surface area (Å²) in [6, 6.07) is 16.8. The average molecular weight is 486 g/mol. The van der Waals surface area contributed by atoms with E-state index in [1.165, 1.54) is 25.1 Å². The SMILES string of the molecule is COc1ccc(CC(=O)O)cc1-c1ccc(C(F)(F)F)cc1CN(C)C(=O)NCc1ccccc1. The molecule has 0 aliphatic carbocycles. The topological polar surface area (TPSA) is 78.9 Å². The number of nitrogens with one attached hydrogen (secondary N) is 1. The Kier molecular flexibility index (Phi) is 8.01. The number of methoxy groups -OCH3 is 1. The van der Waals surface area contributed by atoms with Crippen LogP contribution in [0.1, 0.15) is 22.3 Å². The van der Waals surface area contributed by atoms with Crippen LogP contribution in [0.15, 0.2) is 66.7 Å². The first-order valence-electron chi connectivity index (χ1n) is 10.7. The Morgan fingerprint density at radius 3 is 2.31 bits per heavy atom. The minimum atomic E-state index is -4.57. The molecule has 2 amide bonds. The van der Waals surface area contributed by atoms with Gasteiger partial charge in [-0.25, -0.2) is 4.79 Å². The third-order valence-electron chi connectivity index (χ3n) is 5.38. The number of carboxylic acids is 1. The Labute approximate surface area is 201 Å². The van der Waals surface area contributed by atoms with Crippen LogP contribution in [-0.2, 0) is 30.5 Å².